The fraction of sp³-hybridized carbons (Fsp3) is 0.300. The molecule has 0 unspecified atom stereocenters. The first-order chi connectivity index (χ1) is 6.26. The van der Waals surface area contributed by atoms with Crippen LogP contribution in [0.2, 0.25) is 0 Å². The molecule has 0 bridgehead atoms. The second-order valence-corrected chi connectivity index (χ2v) is 2.61. The molecule has 0 fully saturated rings. The SMILES string of the molecule is C=CCCc1cc(OC)cc(=O)o1. The highest BCUT2D eigenvalue weighted by Gasteiger charge is 2.00. The first-order valence-electron chi connectivity index (χ1n) is 4.05. The zero-order chi connectivity index (χ0) is 9.68. The molecule has 3 heteroatoms. The van der Waals surface area contributed by atoms with Crippen LogP contribution < -0.4 is 10.4 Å². The van der Waals surface area contributed by atoms with Gasteiger partial charge in [0.15, 0.2) is 0 Å². The molecule has 0 aliphatic carbocycles. The molecule has 1 rings (SSSR count). The lowest BCUT2D eigenvalue weighted by Gasteiger charge is -2.00. The van der Waals surface area contributed by atoms with Gasteiger partial charge in [0.25, 0.3) is 0 Å². The van der Waals surface area contributed by atoms with Gasteiger partial charge in [-0.25, -0.2) is 4.79 Å². The van der Waals surface area contributed by atoms with Crippen LogP contribution in [-0.2, 0) is 6.42 Å². The standard InChI is InChI=1S/C10H12O3/c1-3-4-5-8-6-9(12-2)7-10(11)13-8/h3,6-7H,1,4-5H2,2H3. The van der Waals surface area contributed by atoms with Crippen molar-refractivity contribution >= 4 is 0 Å². The van der Waals surface area contributed by atoms with Crippen molar-refractivity contribution in [3.8, 4) is 5.75 Å². The van der Waals surface area contributed by atoms with Gasteiger partial charge in [-0.15, -0.1) is 6.58 Å². The van der Waals surface area contributed by atoms with Gasteiger partial charge >= 0.3 is 5.63 Å². The summed E-state index contributed by atoms with van der Waals surface area (Å²) in [5.74, 6) is 1.17. The average molecular weight is 180 g/mol. The van der Waals surface area contributed by atoms with Gasteiger partial charge in [0.1, 0.15) is 11.5 Å². The van der Waals surface area contributed by atoms with Crippen LogP contribution in [0.15, 0.2) is 34.0 Å². The van der Waals surface area contributed by atoms with Crippen LogP contribution in [0.4, 0.5) is 0 Å². The maximum atomic E-state index is 11.0. The first-order valence-corrected chi connectivity index (χ1v) is 4.05. The van der Waals surface area contributed by atoms with E-state index in [1.54, 1.807) is 12.1 Å². The number of allylic oxidation sites excluding steroid dienone is 1. The van der Waals surface area contributed by atoms with Crippen molar-refractivity contribution in [3.63, 3.8) is 0 Å². The Kier molecular flexibility index (Phi) is 3.31. The summed E-state index contributed by atoms with van der Waals surface area (Å²) in [5.41, 5.74) is -0.376. The van der Waals surface area contributed by atoms with Crippen LogP contribution >= 0.6 is 0 Å². The van der Waals surface area contributed by atoms with Crippen LogP contribution in [0.5, 0.6) is 5.75 Å². The molecule has 1 aromatic heterocycles. The average Bonchev–Trinajstić information content (AvgIpc) is 2.14. The lowest BCUT2D eigenvalue weighted by molar-refractivity contribution is 0.392. The van der Waals surface area contributed by atoms with E-state index in [9.17, 15) is 4.79 Å². The summed E-state index contributed by atoms with van der Waals surface area (Å²) in [6, 6.07) is 3.03. The second-order valence-electron chi connectivity index (χ2n) is 2.61. The Morgan fingerprint density at radius 2 is 2.38 bits per heavy atom. The van der Waals surface area contributed by atoms with Crippen molar-refractivity contribution in [2.75, 3.05) is 7.11 Å². The number of hydrogen-bond donors (Lipinski definition) is 0. The Bertz CT molecular complexity index is 338. The van der Waals surface area contributed by atoms with Gasteiger partial charge in [-0.1, -0.05) is 6.08 Å². The number of ether oxygens (including phenoxy) is 1. The molecule has 0 aliphatic heterocycles. The van der Waals surface area contributed by atoms with Gasteiger partial charge in [-0.05, 0) is 6.42 Å². The normalized spacial score (nSPS) is 9.62. The largest absolute Gasteiger partial charge is 0.496 e. The Morgan fingerprint density at radius 3 is 3.00 bits per heavy atom. The fourth-order valence-electron chi connectivity index (χ4n) is 0.990. The number of rotatable bonds is 4. The van der Waals surface area contributed by atoms with E-state index >= 15 is 0 Å². The monoisotopic (exact) mass is 180 g/mol. The first kappa shape index (κ1) is 9.58. The van der Waals surface area contributed by atoms with Gasteiger partial charge in [0, 0.05) is 12.5 Å². The number of aryl methyl sites for hydroxylation is 1. The van der Waals surface area contributed by atoms with Crippen molar-refractivity contribution in [3.05, 3.63) is 41.0 Å². The van der Waals surface area contributed by atoms with E-state index in [1.807, 2.05) is 0 Å². The molecule has 0 aromatic carbocycles. The molecule has 0 N–H and O–H groups in total. The van der Waals surface area contributed by atoms with Crippen molar-refractivity contribution in [1.82, 2.24) is 0 Å². The molecule has 0 saturated heterocycles. The van der Waals surface area contributed by atoms with Crippen LogP contribution in [0.1, 0.15) is 12.2 Å². The fourth-order valence-corrected chi connectivity index (χ4v) is 0.990. The highest BCUT2D eigenvalue weighted by atomic mass is 16.5. The number of methoxy groups -OCH3 is 1. The van der Waals surface area contributed by atoms with Gasteiger partial charge in [-0.3, -0.25) is 0 Å². The van der Waals surface area contributed by atoms with Crippen molar-refractivity contribution < 1.29 is 9.15 Å². The quantitative estimate of drug-likeness (QED) is 0.663. The highest BCUT2D eigenvalue weighted by molar-refractivity contribution is 5.20. The Morgan fingerprint density at radius 1 is 1.62 bits per heavy atom. The molecule has 0 spiro atoms. The summed E-state index contributed by atoms with van der Waals surface area (Å²) in [7, 11) is 1.52. The third-order valence-electron chi connectivity index (χ3n) is 1.63. The molecule has 0 atom stereocenters. The minimum Gasteiger partial charge on any atom is -0.496 e. The molecule has 0 amide bonds. The minimum atomic E-state index is -0.376. The Hall–Kier alpha value is -1.51. The molecule has 70 valence electrons. The number of hydrogen-bond acceptors (Lipinski definition) is 3. The van der Waals surface area contributed by atoms with Crippen molar-refractivity contribution in [2.45, 2.75) is 12.8 Å². The zero-order valence-electron chi connectivity index (χ0n) is 7.58. The maximum absolute atomic E-state index is 11.0. The third-order valence-corrected chi connectivity index (χ3v) is 1.63. The van der Waals surface area contributed by atoms with E-state index < -0.39 is 0 Å². The second kappa shape index (κ2) is 4.50. The smallest absolute Gasteiger partial charge is 0.339 e. The molecule has 1 aromatic rings. The van der Waals surface area contributed by atoms with E-state index in [0.29, 0.717) is 17.9 Å². The molecule has 1 heterocycles. The van der Waals surface area contributed by atoms with Gasteiger partial charge in [0.2, 0.25) is 0 Å². The molecular formula is C10H12O3. The van der Waals surface area contributed by atoms with Crippen LogP contribution in [0.25, 0.3) is 0 Å². The zero-order valence-corrected chi connectivity index (χ0v) is 7.58. The van der Waals surface area contributed by atoms with Gasteiger partial charge < -0.3 is 9.15 Å². The summed E-state index contributed by atoms with van der Waals surface area (Å²) in [6.07, 6.45) is 3.24. The lowest BCUT2D eigenvalue weighted by Crippen LogP contribution is -2.00. The topological polar surface area (TPSA) is 39.4 Å². The van der Waals surface area contributed by atoms with E-state index in [1.165, 1.54) is 13.2 Å². The van der Waals surface area contributed by atoms with Crippen LogP contribution in [0, 0.1) is 0 Å². The predicted octanol–water partition coefficient (Wildman–Crippen LogP) is 1.77. The molecular weight excluding hydrogens is 168 g/mol. The van der Waals surface area contributed by atoms with Crippen molar-refractivity contribution in [1.29, 1.82) is 0 Å². The van der Waals surface area contributed by atoms with E-state index in [0.717, 1.165) is 6.42 Å². The molecule has 0 aliphatic rings. The molecule has 0 radical (unpaired) electrons. The minimum absolute atomic E-state index is 0.376. The summed E-state index contributed by atoms with van der Waals surface area (Å²) in [6.45, 7) is 3.59. The van der Waals surface area contributed by atoms with E-state index in [-0.39, 0.29) is 5.63 Å². The van der Waals surface area contributed by atoms with Crippen LogP contribution in [0.3, 0.4) is 0 Å². The van der Waals surface area contributed by atoms with E-state index in [2.05, 4.69) is 6.58 Å². The van der Waals surface area contributed by atoms with Crippen molar-refractivity contribution in [2.24, 2.45) is 0 Å². The van der Waals surface area contributed by atoms with Gasteiger partial charge in [0.05, 0.1) is 13.2 Å². The summed E-state index contributed by atoms with van der Waals surface area (Å²) >= 11 is 0. The summed E-state index contributed by atoms with van der Waals surface area (Å²) in [5, 5.41) is 0. The third kappa shape index (κ3) is 2.78. The Labute approximate surface area is 76.6 Å². The van der Waals surface area contributed by atoms with E-state index in [4.69, 9.17) is 9.15 Å². The summed E-state index contributed by atoms with van der Waals surface area (Å²) in [4.78, 5) is 11.0. The maximum Gasteiger partial charge on any atom is 0.339 e. The van der Waals surface area contributed by atoms with Gasteiger partial charge in [-0.2, -0.15) is 0 Å². The summed E-state index contributed by atoms with van der Waals surface area (Å²) < 4.78 is 9.87. The predicted molar refractivity (Wildman–Crippen MR) is 50.0 cm³/mol. The Balaban J connectivity index is 2.88. The molecule has 13 heavy (non-hydrogen) atoms. The lowest BCUT2D eigenvalue weighted by atomic mass is 10.2. The molecule has 3 nitrogen and oxygen atoms in total. The van der Waals surface area contributed by atoms with Crippen LogP contribution in [-0.4, -0.2) is 7.11 Å². The highest BCUT2D eigenvalue weighted by Crippen LogP contribution is 2.10. The molecule has 0 saturated carbocycles.